The molecule has 92 valence electrons. The normalized spacial score (nSPS) is 14.8. The zero-order chi connectivity index (χ0) is 12.4. The van der Waals surface area contributed by atoms with Gasteiger partial charge in [-0.25, -0.2) is 14.8 Å². The second-order valence-electron chi connectivity index (χ2n) is 3.85. The highest BCUT2D eigenvalue weighted by Crippen LogP contribution is 2.34. The van der Waals surface area contributed by atoms with Gasteiger partial charge in [0, 0.05) is 0 Å². The Bertz CT molecular complexity index is 449. The fourth-order valence-electron chi connectivity index (χ4n) is 1.47. The Hall–Kier alpha value is -0.910. The highest BCUT2D eigenvalue weighted by atomic mass is 35.5. The number of carbonyl (C=O) groups is 1. The number of hydrogen-bond donors (Lipinski definition) is 1. The van der Waals surface area contributed by atoms with Crippen LogP contribution in [0.4, 0.5) is 0 Å². The van der Waals surface area contributed by atoms with Crippen molar-refractivity contribution in [3.63, 3.8) is 0 Å². The molecular formula is C10H11Cl2N3O2. The molecule has 1 aromatic heterocycles. The van der Waals surface area contributed by atoms with E-state index in [0.29, 0.717) is 18.0 Å². The van der Waals surface area contributed by atoms with Crippen LogP contribution in [0.25, 0.3) is 0 Å². The van der Waals surface area contributed by atoms with Gasteiger partial charge in [-0.05, 0) is 36.8 Å². The van der Waals surface area contributed by atoms with Crippen LogP contribution in [-0.2, 0) is 11.2 Å². The first-order chi connectivity index (χ1) is 8.11. The summed E-state index contributed by atoms with van der Waals surface area (Å²) in [5.41, 5.74) is 5.70. The monoisotopic (exact) mass is 275 g/mol. The van der Waals surface area contributed by atoms with Gasteiger partial charge in [-0.2, -0.15) is 0 Å². The minimum atomic E-state index is -0.682. The lowest BCUT2D eigenvalue weighted by Crippen LogP contribution is -2.15. The van der Waals surface area contributed by atoms with Gasteiger partial charge in [-0.1, -0.05) is 11.6 Å². The van der Waals surface area contributed by atoms with Crippen LogP contribution in [0, 0.1) is 5.92 Å². The predicted molar refractivity (Wildman–Crippen MR) is 62.9 cm³/mol. The molecule has 5 nitrogen and oxygen atoms in total. The third-order valence-corrected chi connectivity index (χ3v) is 3.05. The maximum atomic E-state index is 11.5. The second kappa shape index (κ2) is 5.16. The molecule has 1 aliphatic carbocycles. The van der Waals surface area contributed by atoms with Gasteiger partial charge in [0.15, 0.2) is 5.69 Å². The molecule has 0 bridgehead atoms. The topological polar surface area (TPSA) is 78.1 Å². The lowest BCUT2D eigenvalue weighted by Gasteiger charge is -2.07. The Balaban J connectivity index is 2.30. The summed E-state index contributed by atoms with van der Waals surface area (Å²) >= 11 is 11.8. The lowest BCUT2D eigenvalue weighted by molar-refractivity contribution is 0.0508. The second-order valence-corrected chi connectivity index (χ2v) is 4.56. The highest BCUT2D eigenvalue weighted by Gasteiger charge is 2.26. The van der Waals surface area contributed by atoms with E-state index in [1.54, 1.807) is 0 Å². The largest absolute Gasteiger partial charge is 0.445 e. The van der Waals surface area contributed by atoms with Gasteiger partial charge in [-0.3, -0.25) is 5.73 Å². The Kier molecular flexibility index (Phi) is 3.81. The molecule has 0 spiro atoms. The third kappa shape index (κ3) is 3.06. The Morgan fingerprint density at radius 1 is 1.41 bits per heavy atom. The number of ether oxygens (including phenoxy) is 1. The zero-order valence-corrected chi connectivity index (χ0v) is 10.5. The van der Waals surface area contributed by atoms with Gasteiger partial charge < -0.3 is 4.74 Å². The smallest absolute Gasteiger partial charge is 0.359 e. The lowest BCUT2D eigenvalue weighted by atomic mass is 10.2. The molecule has 0 radical (unpaired) electrons. The van der Waals surface area contributed by atoms with Gasteiger partial charge in [0.1, 0.15) is 6.73 Å². The summed E-state index contributed by atoms with van der Waals surface area (Å²) in [6.07, 6.45) is 3.02. The summed E-state index contributed by atoms with van der Waals surface area (Å²) in [7, 11) is 0. The van der Waals surface area contributed by atoms with E-state index in [4.69, 9.17) is 28.9 Å². The van der Waals surface area contributed by atoms with Crippen LogP contribution < -0.4 is 5.73 Å². The van der Waals surface area contributed by atoms with E-state index in [1.807, 2.05) is 0 Å². The first kappa shape index (κ1) is 12.5. The van der Waals surface area contributed by atoms with Crippen molar-refractivity contribution in [2.24, 2.45) is 11.7 Å². The molecule has 17 heavy (non-hydrogen) atoms. The van der Waals surface area contributed by atoms with Crippen molar-refractivity contribution in [3.05, 3.63) is 21.7 Å². The average Bonchev–Trinajstić information content (AvgIpc) is 3.07. The molecule has 0 aromatic carbocycles. The van der Waals surface area contributed by atoms with Gasteiger partial charge in [0.05, 0.1) is 10.7 Å². The number of rotatable bonds is 4. The molecule has 1 saturated carbocycles. The Morgan fingerprint density at radius 2 is 2.12 bits per heavy atom. The van der Waals surface area contributed by atoms with Gasteiger partial charge >= 0.3 is 5.97 Å². The summed E-state index contributed by atoms with van der Waals surface area (Å²) in [4.78, 5) is 19.3. The molecule has 0 unspecified atom stereocenters. The minimum Gasteiger partial charge on any atom is -0.445 e. The van der Waals surface area contributed by atoms with Gasteiger partial charge in [0.2, 0.25) is 5.28 Å². The van der Waals surface area contributed by atoms with E-state index in [0.717, 1.165) is 12.8 Å². The van der Waals surface area contributed by atoms with E-state index < -0.39 is 5.97 Å². The van der Waals surface area contributed by atoms with Crippen molar-refractivity contribution in [2.45, 2.75) is 19.3 Å². The molecule has 0 aliphatic heterocycles. The Morgan fingerprint density at radius 3 is 2.71 bits per heavy atom. The van der Waals surface area contributed by atoms with Crippen molar-refractivity contribution in [3.8, 4) is 0 Å². The van der Waals surface area contributed by atoms with E-state index in [-0.39, 0.29) is 22.7 Å². The first-order valence-corrected chi connectivity index (χ1v) is 5.96. The number of esters is 1. The number of nitrogens with zero attached hydrogens (tertiary/aromatic N) is 2. The van der Waals surface area contributed by atoms with Crippen LogP contribution in [0.3, 0.4) is 0 Å². The van der Waals surface area contributed by atoms with Crippen LogP contribution >= 0.6 is 23.2 Å². The summed E-state index contributed by atoms with van der Waals surface area (Å²) in [6, 6.07) is 0. The molecule has 0 saturated heterocycles. The quantitative estimate of drug-likeness (QED) is 0.515. The minimum absolute atomic E-state index is 0.00554. The van der Waals surface area contributed by atoms with Crippen molar-refractivity contribution >= 4 is 29.2 Å². The molecule has 7 heteroatoms. The van der Waals surface area contributed by atoms with Gasteiger partial charge in [-0.15, -0.1) is 0 Å². The maximum absolute atomic E-state index is 11.5. The van der Waals surface area contributed by atoms with E-state index in [1.165, 1.54) is 0 Å². The van der Waals surface area contributed by atoms with E-state index in [2.05, 4.69) is 14.7 Å². The molecule has 1 aliphatic rings. The van der Waals surface area contributed by atoms with Crippen molar-refractivity contribution in [2.75, 3.05) is 6.73 Å². The Labute approximate surface area is 108 Å². The van der Waals surface area contributed by atoms with E-state index >= 15 is 0 Å². The number of carbonyl (C=O) groups excluding carboxylic acids is 1. The van der Waals surface area contributed by atoms with Gasteiger partial charge in [0.25, 0.3) is 0 Å². The SMILES string of the molecule is NCOC(=O)c1nc(Cl)nc(CC2CC2)c1Cl. The third-order valence-electron chi connectivity index (χ3n) is 2.48. The predicted octanol–water partition coefficient (Wildman–Crippen LogP) is 1.81. The van der Waals surface area contributed by atoms with Crippen molar-refractivity contribution in [1.82, 2.24) is 9.97 Å². The van der Waals surface area contributed by atoms with Crippen molar-refractivity contribution in [1.29, 1.82) is 0 Å². The summed E-state index contributed by atoms with van der Waals surface area (Å²) < 4.78 is 4.64. The molecule has 0 amide bonds. The maximum Gasteiger partial charge on any atom is 0.359 e. The standard InChI is InChI=1S/C10H11Cl2N3O2/c11-7-6(3-5-1-2-5)14-10(12)15-8(7)9(16)17-4-13/h5H,1-4,13H2. The van der Waals surface area contributed by atoms with Crippen LogP contribution in [0.2, 0.25) is 10.3 Å². The first-order valence-electron chi connectivity index (χ1n) is 5.21. The van der Waals surface area contributed by atoms with Crippen LogP contribution in [0.5, 0.6) is 0 Å². The summed E-state index contributed by atoms with van der Waals surface area (Å²) in [5.74, 6) is -0.101. The molecule has 1 fully saturated rings. The summed E-state index contributed by atoms with van der Waals surface area (Å²) in [5, 5.41) is 0.203. The zero-order valence-electron chi connectivity index (χ0n) is 8.95. The fourth-order valence-corrected chi connectivity index (χ4v) is 1.90. The van der Waals surface area contributed by atoms with Crippen LogP contribution in [0.1, 0.15) is 29.0 Å². The summed E-state index contributed by atoms with van der Waals surface area (Å²) in [6.45, 7) is -0.227. The molecule has 0 atom stereocenters. The van der Waals surface area contributed by atoms with Crippen molar-refractivity contribution < 1.29 is 9.53 Å². The number of nitrogens with two attached hydrogens (primary N) is 1. The van der Waals surface area contributed by atoms with Crippen LogP contribution in [0.15, 0.2) is 0 Å². The van der Waals surface area contributed by atoms with E-state index in [9.17, 15) is 4.79 Å². The molecule has 1 aromatic rings. The number of hydrogen-bond acceptors (Lipinski definition) is 5. The fraction of sp³-hybridized carbons (Fsp3) is 0.500. The molecular weight excluding hydrogens is 265 g/mol. The highest BCUT2D eigenvalue weighted by molar-refractivity contribution is 6.34. The number of halogens is 2. The van der Waals surface area contributed by atoms with Crippen LogP contribution in [-0.4, -0.2) is 22.7 Å². The number of aromatic nitrogens is 2. The molecule has 2 rings (SSSR count). The average molecular weight is 276 g/mol. The molecule has 2 N–H and O–H groups in total. The molecule has 1 heterocycles.